The SMILES string of the molecule is O=S(=O)(NC1CC2CCC(C1)N2)c1ccc2c(c1)CCCO2. The van der Waals surface area contributed by atoms with Crippen LogP contribution < -0.4 is 14.8 Å². The van der Waals surface area contributed by atoms with Crippen LogP contribution in [-0.4, -0.2) is 33.2 Å². The summed E-state index contributed by atoms with van der Waals surface area (Å²) in [6.45, 7) is 0.717. The topological polar surface area (TPSA) is 67.4 Å². The second-order valence-corrected chi connectivity index (χ2v) is 8.36. The van der Waals surface area contributed by atoms with Crippen LogP contribution in [0.2, 0.25) is 0 Å². The van der Waals surface area contributed by atoms with Gasteiger partial charge in [0, 0.05) is 18.1 Å². The van der Waals surface area contributed by atoms with Crippen molar-refractivity contribution in [2.45, 2.75) is 61.5 Å². The molecule has 0 aromatic heterocycles. The van der Waals surface area contributed by atoms with E-state index in [-0.39, 0.29) is 6.04 Å². The number of sulfonamides is 1. The number of fused-ring (bicyclic) bond motifs is 3. The van der Waals surface area contributed by atoms with Gasteiger partial charge in [-0.3, -0.25) is 0 Å². The molecular formula is C16H22N2O3S. The molecule has 0 aliphatic carbocycles. The Bertz CT molecular complexity index is 662. The monoisotopic (exact) mass is 322 g/mol. The molecule has 2 saturated heterocycles. The molecule has 0 amide bonds. The predicted molar refractivity (Wildman–Crippen MR) is 83.5 cm³/mol. The maximum absolute atomic E-state index is 12.6. The molecule has 0 spiro atoms. The summed E-state index contributed by atoms with van der Waals surface area (Å²) in [4.78, 5) is 0.364. The Hall–Kier alpha value is -1.11. The van der Waals surface area contributed by atoms with E-state index in [0.717, 1.165) is 43.6 Å². The third kappa shape index (κ3) is 2.75. The molecule has 2 fully saturated rings. The molecule has 2 N–H and O–H groups in total. The summed E-state index contributed by atoms with van der Waals surface area (Å²) in [7, 11) is -3.45. The molecule has 2 atom stereocenters. The fourth-order valence-corrected chi connectivity index (χ4v) is 5.26. The van der Waals surface area contributed by atoms with Gasteiger partial charge in [0.2, 0.25) is 10.0 Å². The van der Waals surface area contributed by atoms with Crippen LogP contribution in [-0.2, 0) is 16.4 Å². The third-order valence-corrected chi connectivity index (χ3v) is 6.50. The van der Waals surface area contributed by atoms with Crippen LogP contribution in [0.15, 0.2) is 23.1 Å². The Balaban J connectivity index is 1.53. The van der Waals surface area contributed by atoms with Crippen LogP contribution >= 0.6 is 0 Å². The molecule has 2 bridgehead atoms. The summed E-state index contributed by atoms with van der Waals surface area (Å²) in [5, 5.41) is 3.54. The van der Waals surface area contributed by atoms with Gasteiger partial charge in [0.15, 0.2) is 0 Å². The number of hydrogen-bond acceptors (Lipinski definition) is 4. The second-order valence-electron chi connectivity index (χ2n) is 6.65. The lowest BCUT2D eigenvalue weighted by molar-refractivity contribution is 0.288. The maximum atomic E-state index is 12.6. The Kier molecular flexibility index (Phi) is 3.63. The van der Waals surface area contributed by atoms with Crippen molar-refractivity contribution in [2.24, 2.45) is 0 Å². The van der Waals surface area contributed by atoms with Gasteiger partial charge >= 0.3 is 0 Å². The van der Waals surface area contributed by atoms with E-state index in [9.17, 15) is 8.42 Å². The zero-order valence-electron chi connectivity index (χ0n) is 12.5. The average Bonchev–Trinajstić information content (AvgIpc) is 2.85. The van der Waals surface area contributed by atoms with Gasteiger partial charge in [-0.25, -0.2) is 13.1 Å². The Labute approximate surface area is 131 Å². The molecule has 6 heteroatoms. The summed E-state index contributed by atoms with van der Waals surface area (Å²) in [6, 6.07) is 6.21. The normalized spacial score (nSPS) is 30.6. The largest absolute Gasteiger partial charge is 0.493 e. The zero-order valence-corrected chi connectivity index (χ0v) is 13.4. The number of benzene rings is 1. The summed E-state index contributed by atoms with van der Waals surface area (Å²) in [5.74, 6) is 0.824. The van der Waals surface area contributed by atoms with Crippen LogP contribution in [0, 0.1) is 0 Å². The quantitative estimate of drug-likeness (QED) is 0.886. The summed E-state index contributed by atoms with van der Waals surface area (Å²) in [5.41, 5.74) is 1.000. The third-order valence-electron chi connectivity index (χ3n) is 4.99. The number of rotatable bonds is 3. The van der Waals surface area contributed by atoms with Crippen LogP contribution in [0.5, 0.6) is 5.75 Å². The fraction of sp³-hybridized carbons (Fsp3) is 0.625. The van der Waals surface area contributed by atoms with Crippen molar-refractivity contribution in [2.75, 3.05) is 6.61 Å². The molecule has 2 unspecified atom stereocenters. The minimum Gasteiger partial charge on any atom is -0.493 e. The van der Waals surface area contributed by atoms with Gasteiger partial charge in [-0.2, -0.15) is 0 Å². The lowest BCUT2D eigenvalue weighted by atomic mass is 10.0. The average molecular weight is 322 g/mol. The van der Waals surface area contributed by atoms with Gasteiger partial charge < -0.3 is 10.1 Å². The minimum atomic E-state index is -3.45. The van der Waals surface area contributed by atoms with Crippen LogP contribution in [0.4, 0.5) is 0 Å². The van der Waals surface area contributed by atoms with Crippen LogP contribution in [0.1, 0.15) is 37.7 Å². The van der Waals surface area contributed by atoms with Gasteiger partial charge in [0.25, 0.3) is 0 Å². The smallest absolute Gasteiger partial charge is 0.240 e. The zero-order chi connectivity index (χ0) is 15.2. The van der Waals surface area contributed by atoms with Gasteiger partial charge in [0.05, 0.1) is 11.5 Å². The lowest BCUT2D eigenvalue weighted by Crippen LogP contribution is -2.47. The molecular weight excluding hydrogens is 300 g/mol. The highest BCUT2D eigenvalue weighted by molar-refractivity contribution is 7.89. The van der Waals surface area contributed by atoms with E-state index in [2.05, 4.69) is 10.0 Å². The number of ether oxygens (including phenoxy) is 1. The summed E-state index contributed by atoms with van der Waals surface area (Å²) >= 11 is 0. The molecule has 4 rings (SSSR count). The van der Waals surface area contributed by atoms with Crippen molar-refractivity contribution in [1.29, 1.82) is 0 Å². The van der Waals surface area contributed by atoms with Gasteiger partial charge in [-0.15, -0.1) is 0 Å². The number of nitrogens with one attached hydrogen (secondary N) is 2. The Morgan fingerprint density at radius 3 is 2.73 bits per heavy atom. The van der Waals surface area contributed by atoms with Gasteiger partial charge in [0.1, 0.15) is 5.75 Å². The highest BCUT2D eigenvalue weighted by Gasteiger charge is 2.35. The van der Waals surface area contributed by atoms with Crippen LogP contribution in [0.3, 0.4) is 0 Å². The van der Waals surface area contributed by atoms with E-state index in [4.69, 9.17) is 4.74 Å². The lowest BCUT2D eigenvalue weighted by Gasteiger charge is -2.29. The first-order valence-corrected chi connectivity index (χ1v) is 9.62. The van der Waals surface area contributed by atoms with Crippen LogP contribution in [0.25, 0.3) is 0 Å². The predicted octanol–water partition coefficient (Wildman–Crippen LogP) is 1.57. The van der Waals surface area contributed by atoms with Crippen molar-refractivity contribution in [3.05, 3.63) is 23.8 Å². The van der Waals surface area contributed by atoms with E-state index in [1.165, 1.54) is 12.8 Å². The summed E-state index contributed by atoms with van der Waals surface area (Å²) < 4.78 is 33.8. The molecule has 1 aromatic carbocycles. The van der Waals surface area contributed by atoms with Gasteiger partial charge in [-0.05, 0) is 62.3 Å². The van der Waals surface area contributed by atoms with E-state index in [0.29, 0.717) is 17.0 Å². The van der Waals surface area contributed by atoms with E-state index in [1.54, 1.807) is 18.2 Å². The standard InChI is InChI=1S/C16H22N2O3S/c19-22(20,18-14-9-12-3-4-13(10-14)17-12)15-5-6-16-11(8-15)2-1-7-21-16/h5-6,8,12-14,17-18H,1-4,7,9-10H2. The van der Waals surface area contributed by atoms with Crippen molar-refractivity contribution in [1.82, 2.24) is 10.0 Å². The van der Waals surface area contributed by atoms with E-state index < -0.39 is 10.0 Å². The highest BCUT2D eigenvalue weighted by Crippen LogP contribution is 2.30. The van der Waals surface area contributed by atoms with Crippen molar-refractivity contribution < 1.29 is 13.2 Å². The van der Waals surface area contributed by atoms with Gasteiger partial charge in [-0.1, -0.05) is 0 Å². The minimum absolute atomic E-state index is 0.0519. The number of aryl methyl sites for hydroxylation is 1. The molecule has 3 aliphatic heterocycles. The van der Waals surface area contributed by atoms with Crippen molar-refractivity contribution >= 4 is 10.0 Å². The van der Waals surface area contributed by atoms with E-state index in [1.807, 2.05) is 0 Å². The Morgan fingerprint density at radius 1 is 1.18 bits per heavy atom. The second kappa shape index (κ2) is 5.51. The first kappa shape index (κ1) is 14.5. The molecule has 120 valence electrons. The molecule has 0 radical (unpaired) electrons. The number of piperidine rings is 1. The highest BCUT2D eigenvalue weighted by atomic mass is 32.2. The first-order valence-electron chi connectivity index (χ1n) is 8.14. The maximum Gasteiger partial charge on any atom is 0.240 e. The van der Waals surface area contributed by atoms with Crippen molar-refractivity contribution in [3.8, 4) is 5.75 Å². The Morgan fingerprint density at radius 2 is 1.95 bits per heavy atom. The molecule has 3 heterocycles. The first-order chi connectivity index (χ1) is 10.6. The fourth-order valence-electron chi connectivity index (χ4n) is 3.94. The molecule has 0 saturated carbocycles. The summed E-state index contributed by atoms with van der Waals surface area (Å²) in [6.07, 6.45) is 5.95. The molecule has 1 aromatic rings. The molecule has 22 heavy (non-hydrogen) atoms. The molecule has 3 aliphatic rings. The van der Waals surface area contributed by atoms with Crippen molar-refractivity contribution in [3.63, 3.8) is 0 Å². The number of hydrogen-bond donors (Lipinski definition) is 2. The molecule has 5 nitrogen and oxygen atoms in total. The van der Waals surface area contributed by atoms with E-state index >= 15 is 0 Å².